The van der Waals surface area contributed by atoms with Crippen molar-refractivity contribution >= 4 is 5.91 Å². The smallest absolute Gasteiger partial charge is 0.257 e. The number of hydrogen-bond acceptors (Lipinski definition) is 3. The molecule has 0 unspecified atom stereocenters. The Hall–Kier alpha value is -2.14. The molecule has 1 aromatic carbocycles. The molecule has 1 fully saturated rings. The first-order chi connectivity index (χ1) is 12.4. The second kappa shape index (κ2) is 7.62. The Labute approximate surface area is 156 Å². The van der Waals surface area contributed by atoms with E-state index in [1.165, 1.54) is 0 Å². The molecule has 0 radical (unpaired) electrons. The molecular weight excluding hydrogens is 324 g/mol. The van der Waals surface area contributed by atoms with Gasteiger partial charge in [0.05, 0.1) is 22.6 Å². The van der Waals surface area contributed by atoms with Gasteiger partial charge in [-0.05, 0) is 44.9 Å². The number of carbonyl (C=O) groups excluding carboxylic acids is 1. The van der Waals surface area contributed by atoms with Crippen molar-refractivity contribution in [2.45, 2.75) is 34.1 Å². The molecule has 0 bridgehead atoms. The zero-order valence-corrected chi connectivity index (χ0v) is 16.6. The van der Waals surface area contributed by atoms with E-state index in [-0.39, 0.29) is 5.91 Å². The Kier molecular flexibility index (Phi) is 5.47. The van der Waals surface area contributed by atoms with Crippen molar-refractivity contribution in [2.75, 3.05) is 33.2 Å². The van der Waals surface area contributed by atoms with E-state index in [1.54, 1.807) is 0 Å². The molecule has 3 rings (SSSR count). The maximum atomic E-state index is 13.3. The Morgan fingerprint density at radius 1 is 1.12 bits per heavy atom. The molecule has 0 atom stereocenters. The fourth-order valence-corrected chi connectivity index (χ4v) is 3.57. The van der Waals surface area contributed by atoms with Gasteiger partial charge in [0.1, 0.15) is 0 Å². The van der Waals surface area contributed by atoms with Crippen molar-refractivity contribution in [3.63, 3.8) is 0 Å². The zero-order valence-electron chi connectivity index (χ0n) is 16.6. The molecule has 26 heavy (non-hydrogen) atoms. The number of likely N-dealkylation sites (N-methyl/N-ethyl adjacent to an activating group) is 1. The molecule has 0 aliphatic carbocycles. The van der Waals surface area contributed by atoms with E-state index >= 15 is 0 Å². The normalized spacial score (nSPS) is 15.7. The lowest BCUT2D eigenvalue weighted by Crippen LogP contribution is -2.47. The van der Waals surface area contributed by atoms with Crippen LogP contribution in [0.4, 0.5) is 0 Å². The van der Waals surface area contributed by atoms with Crippen LogP contribution in [-0.2, 0) is 6.42 Å². The average molecular weight is 354 g/mol. The molecule has 0 N–H and O–H groups in total. The lowest BCUT2D eigenvalue weighted by Gasteiger charge is -2.32. The SMILES string of the molecule is Cc1ccccc1-n1nc(CC(C)C)c(C(=O)N2CCN(C)CC2)c1C. The average Bonchev–Trinajstić information content (AvgIpc) is 2.90. The van der Waals surface area contributed by atoms with Crippen LogP contribution < -0.4 is 0 Å². The predicted octanol–water partition coefficient (Wildman–Crippen LogP) is 3.08. The maximum Gasteiger partial charge on any atom is 0.257 e. The van der Waals surface area contributed by atoms with Crippen LogP contribution in [0.15, 0.2) is 24.3 Å². The monoisotopic (exact) mass is 354 g/mol. The van der Waals surface area contributed by atoms with Gasteiger partial charge < -0.3 is 9.80 Å². The first kappa shape index (κ1) is 18.6. The minimum atomic E-state index is 0.131. The number of benzene rings is 1. The lowest BCUT2D eigenvalue weighted by molar-refractivity contribution is 0.0662. The van der Waals surface area contributed by atoms with Gasteiger partial charge in [0, 0.05) is 26.2 Å². The van der Waals surface area contributed by atoms with Crippen molar-refractivity contribution in [3.05, 3.63) is 46.8 Å². The third kappa shape index (κ3) is 3.68. The summed E-state index contributed by atoms with van der Waals surface area (Å²) in [6, 6.07) is 8.20. The fraction of sp³-hybridized carbons (Fsp3) is 0.524. The van der Waals surface area contributed by atoms with E-state index in [9.17, 15) is 4.79 Å². The molecule has 2 aromatic rings. The Balaban J connectivity index is 2.03. The van der Waals surface area contributed by atoms with Crippen LogP contribution in [0, 0.1) is 19.8 Å². The summed E-state index contributed by atoms with van der Waals surface area (Å²) >= 11 is 0. The van der Waals surface area contributed by atoms with Gasteiger partial charge in [0.15, 0.2) is 0 Å². The van der Waals surface area contributed by atoms with Crippen LogP contribution in [-0.4, -0.2) is 58.7 Å². The van der Waals surface area contributed by atoms with Crippen LogP contribution in [0.2, 0.25) is 0 Å². The Bertz CT molecular complexity index is 785. The summed E-state index contributed by atoms with van der Waals surface area (Å²) < 4.78 is 1.95. The number of carbonyl (C=O) groups is 1. The molecule has 1 aliphatic rings. The number of amides is 1. The van der Waals surface area contributed by atoms with Crippen LogP contribution in [0.5, 0.6) is 0 Å². The summed E-state index contributed by atoms with van der Waals surface area (Å²) in [7, 11) is 2.10. The number of aryl methyl sites for hydroxylation is 1. The second-order valence-electron chi connectivity index (χ2n) is 7.80. The summed E-state index contributed by atoms with van der Waals surface area (Å²) in [5, 5.41) is 4.87. The minimum absolute atomic E-state index is 0.131. The molecule has 5 nitrogen and oxygen atoms in total. The molecular formula is C21H30N4O. The van der Waals surface area contributed by atoms with E-state index in [4.69, 9.17) is 5.10 Å². The van der Waals surface area contributed by atoms with Crippen molar-refractivity contribution in [2.24, 2.45) is 5.92 Å². The first-order valence-corrected chi connectivity index (χ1v) is 9.50. The maximum absolute atomic E-state index is 13.3. The van der Waals surface area contributed by atoms with E-state index in [0.717, 1.165) is 60.8 Å². The second-order valence-corrected chi connectivity index (χ2v) is 7.80. The standard InChI is InChI=1S/C21H30N4O/c1-15(2)14-18-20(21(26)24-12-10-23(5)11-13-24)17(4)25(22-18)19-9-7-6-8-16(19)3/h6-9,15H,10-14H2,1-5H3. The third-order valence-corrected chi connectivity index (χ3v) is 5.14. The van der Waals surface area contributed by atoms with Gasteiger partial charge in [0.25, 0.3) is 5.91 Å². The summed E-state index contributed by atoms with van der Waals surface area (Å²) in [5.41, 5.74) is 4.87. The van der Waals surface area contributed by atoms with Gasteiger partial charge in [-0.2, -0.15) is 5.10 Å². The minimum Gasteiger partial charge on any atom is -0.336 e. The topological polar surface area (TPSA) is 41.4 Å². The number of rotatable bonds is 4. The van der Waals surface area contributed by atoms with Crippen LogP contribution >= 0.6 is 0 Å². The number of piperazine rings is 1. The van der Waals surface area contributed by atoms with Gasteiger partial charge in [-0.15, -0.1) is 0 Å². The number of para-hydroxylation sites is 1. The largest absolute Gasteiger partial charge is 0.336 e. The molecule has 1 amide bonds. The summed E-state index contributed by atoms with van der Waals surface area (Å²) in [6.45, 7) is 11.9. The van der Waals surface area contributed by atoms with Crippen molar-refractivity contribution in [1.29, 1.82) is 0 Å². The summed E-state index contributed by atoms with van der Waals surface area (Å²) in [5.74, 6) is 0.583. The Morgan fingerprint density at radius 3 is 2.38 bits per heavy atom. The first-order valence-electron chi connectivity index (χ1n) is 9.50. The van der Waals surface area contributed by atoms with Gasteiger partial charge in [-0.1, -0.05) is 32.0 Å². The van der Waals surface area contributed by atoms with E-state index < -0.39 is 0 Å². The van der Waals surface area contributed by atoms with Crippen molar-refractivity contribution in [1.82, 2.24) is 19.6 Å². The summed E-state index contributed by atoms with van der Waals surface area (Å²) in [6.07, 6.45) is 0.814. The predicted molar refractivity (Wildman–Crippen MR) is 105 cm³/mol. The number of aromatic nitrogens is 2. The molecule has 2 heterocycles. The van der Waals surface area contributed by atoms with Crippen LogP contribution in [0.3, 0.4) is 0 Å². The molecule has 5 heteroatoms. The van der Waals surface area contributed by atoms with E-state index in [0.29, 0.717) is 5.92 Å². The lowest BCUT2D eigenvalue weighted by atomic mass is 10.0. The highest BCUT2D eigenvalue weighted by atomic mass is 16.2. The van der Waals surface area contributed by atoms with Crippen LogP contribution in [0.25, 0.3) is 5.69 Å². The Morgan fingerprint density at radius 2 is 1.77 bits per heavy atom. The highest BCUT2D eigenvalue weighted by Crippen LogP contribution is 2.24. The van der Waals surface area contributed by atoms with Gasteiger partial charge in [-0.3, -0.25) is 4.79 Å². The third-order valence-electron chi connectivity index (χ3n) is 5.14. The van der Waals surface area contributed by atoms with E-state index in [1.807, 2.05) is 28.6 Å². The van der Waals surface area contributed by atoms with Gasteiger partial charge >= 0.3 is 0 Å². The zero-order chi connectivity index (χ0) is 18.8. The molecule has 0 saturated carbocycles. The highest BCUT2D eigenvalue weighted by molar-refractivity contribution is 5.96. The number of nitrogens with zero attached hydrogens (tertiary/aromatic N) is 4. The molecule has 1 aromatic heterocycles. The van der Waals surface area contributed by atoms with Gasteiger partial charge in [0.2, 0.25) is 0 Å². The van der Waals surface area contributed by atoms with Crippen molar-refractivity contribution in [3.8, 4) is 5.69 Å². The molecule has 1 saturated heterocycles. The highest BCUT2D eigenvalue weighted by Gasteiger charge is 2.28. The van der Waals surface area contributed by atoms with Crippen LogP contribution in [0.1, 0.15) is 41.2 Å². The molecule has 0 spiro atoms. The van der Waals surface area contributed by atoms with Gasteiger partial charge in [-0.25, -0.2) is 4.68 Å². The quantitative estimate of drug-likeness (QED) is 0.847. The summed E-state index contributed by atoms with van der Waals surface area (Å²) in [4.78, 5) is 17.6. The fourth-order valence-electron chi connectivity index (χ4n) is 3.57. The van der Waals surface area contributed by atoms with Crippen molar-refractivity contribution < 1.29 is 4.79 Å². The number of hydrogen-bond donors (Lipinski definition) is 0. The molecule has 1 aliphatic heterocycles. The van der Waals surface area contributed by atoms with E-state index in [2.05, 4.69) is 44.9 Å². The molecule has 140 valence electrons.